The van der Waals surface area contributed by atoms with Gasteiger partial charge in [-0.25, -0.2) is 4.98 Å². The van der Waals surface area contributed by atoms with Crippen molar-refractivity contribution in [2.45, 2.75) is 38.8 Å². The predicted molar refractivity (Wildman–Crippen MR) is 76.1 cm³/mol. The Kier molecular flexibility index (Phi) is 5.54. The number of hydrogen-bond donors (Lipinski definition) is 1. The zero-order valence-corrected chi connectivity index (χ0v) is 11.9. The minimum absolute atomic E-state index is 0.605. The van der Waals surface area contributed by atoms with Crippen molar-refractivity contribution in [3.8, 4) is 0 Å². The third-order valence-corrected chi connectivity index (χ3v) is 3.49. The number of rotatable bonds is 6. The van der Waals surface area contributed by atoms with Crippen molar-refractivity contribution in [1.29, 1.82) is 0 Å². The van der Waals surface area contributed by atoms with E-state index in [0.29, 0.717) is 6.04 Å². The zero-order valence-electron chi connectivity index (χ0n) is 11.9. The SMILES string of the molecule is CCCNc1cnc(CN(C)C2CCOCC2)cn1. The van der Waals surface area contributed by atoms with Crippen LogP contribution in [-0.2, 0) is 11.3 Å². The molecule has 1 fully saturated rings. The van der Waals surface area contributed by atoms with Crippen LogP contribution in [0.25, 0.3) is 0 Å². The number of nitrogens with zero attached hydrogens (tertiary/aromatic N) is 3. The molecule has 1 aliphatic rings. The highest BCUT2D eigenvalue weighted by Gasteiger charge is 2.18. The Balaban J connectivity index is 1.84. The van der Waals surface area contributed by atoms with Crippen LogP contribution >= 0.6 is 0 Å². The smallest absolute Gasteiger partial charge is 0.144 e. The van der Waals surface area contributed by atoms with Crippen LogP contribution in [0.15, 0.2) is 12.4 Å². The van der Waals surface area contributed by atoms with Crippen LogP contribution in [-0.4, -0.2) is 47.7 Å². The Labute approximate surface area is 115 Å². The zero-order chi connectivity index (χ0) is 13.5. The lowest BCUT2D eigenvalue weighted by atomic mass is 10.1. The van der Waals surface area contributed by atoms with Crippen LogP contribution < -0.4 is 5.32 Å². The lowest BCUT2D eigenvalue weighted by Crippen LogP contribution is -2.36. The van der Waals surface area contributed by atoms with E-state index in [2.05, 4.69) is 34.2 Å². The van der Waals surface area contributed by atoms with Crippen LogP contribution in [0.2, 0.25) is 0 Å². The molecule has 0 aliphatic carbocycles. The van der Waals surface area contributed by atoms with E-state index in [0.717, 1.165) is 57.1 Å². The molecule has 2 rings (SSSR count). The van der Waals surface area contributed by atoms with Gasteiger partial charge in [-0.05, 0) is 26.3 Å². The average molecular weight is 264 g/mol. The first kappa shape index (κ1) is 14.2. The Bertz CT molecular complexity index is 362. The van der Waals surface area contributed by atoms with Crippen molar-refractivity contribution >= 4 is 5.82 Å². The second-order valence-electron chi connectivity index (χ2n) is 5.08. The van der Waals surface area contributed by atoms with Gasteiger partial charge in [0.2, 0.25) is 0 Å². The van der Waals surface area contributed by atoms with E-state index >= 15 is 0 Å². The molecular formula is C14H24N4O. The summed E-state index contributed by atoms with van der Waals surface area (Å²) in [6.07, 6.45) is 7.01. The molecule has 5 heteroatoms. The fraction of sp³-hybridized carbons (Fsp3) is 0.714. The maximum atomic E-state index is 5.39. The lowest BCUT2D eigenvalue weighted by molar-refractivity contribution is 0.0403. The third-order valence-electron chi connectivity index (χ3n) is 3.49. The highest BCUT2D eigenvalue weighted by atomic mass is 16.5. The van der Waals surface area contributed by atoms with Gasteiger partial charge in [-0.15, -0.1) is 0 Å². The van der Waals surface area contributed by atoms with Gasteiger partial charge in [0.15, 0.2) is 0 Å². The van der Waals surface area contributed by atoms with Gasteiger partial charge in [-0.1, -0.05) is 6.92 Å². The first-order chi connectivity index (χ1) is 9.29. The van der Waals surface area contributed by atoms with Crippen molar-refractivity contribution < 1.29 is 4.74 Å². The van der Waals surface area contributed by atoms with Gasteiger partial charge in [0.25, 0.3) is 0 Å². The molecule has 1 aromatic rings. The summed E-state index contributed by atoms with van der Waals surface area (Å²) in [6.45, 7) is 5.68. The van der Waals surface area contributed by atoms with Crippen LogP contribution in [0.4, 0.5) is 5.82 Å². The molecule has 0 unspecified atom stereocenters. The average Bonchev–Trinajstić information content (AvgIpc) is 2.47. The summed E-state index contributed by atoms with van der Waals surface area (Å²) in [4.78, 5) is 11.2. The number of hydrogen-bond acceptors (Lipinski definition) is 5. The summed E-state index contributed by atoms with van der Waals surface area (Å²) in [6, 6.07) is 0.605. The van der Waals surface area contributed by atoms with Gasteiger partial charge in [-0.2, -0.15) is 0 Å². The quantitative estimate of drug-likeness (QED) is 0.850. The van der Waals surface area contributed by atoms with Crippen LogP contribution in [0, 0.1) is 0 Å². The molecular weight excluding hydrogens is 240 g/mol. The molecule has 0 atom stereocenters. The van der Waals surface area contributed by atoms with Crippen molar-refractivity contribution in [2.24, 2.45) is 0 Å². The van der Waals surface area contributed by atoms with E-state index in [-0.39, 0.29) is 0 Å². The monoisotopic (exact) mass is 264 g/mol. The second kappa shape index (κ2) is 7.40. The Morgan fingerprint density at radius 1 is 1.32 bits per heavy atom. The van der Waals surface area contributed by atoms with Gasteiger partial charge < -0.3 is 10.1 Å². The molecule has 5 nitrogen and oxygen atoms in total. The number of nitrogens with one attached hydrogen (secondary N) is 1. The molecule has 19 heavy (non-hydrogen) atoms. The van der Waals surface area contributed by atoms with E-state index in [1.54, 1.807) is 0 Å². The third kappa shape index (κ3) is 4.44. The van der Waals surface area contributed by atoms with Crippen molar-refractivity contribution in [3.05, 3.63) is 18.1 Å². The Morgan fingerprint density at radius 2 is 2.11 bits per heavy atom. The maximum Gasteiger partial charge on any atom is 0.144 e. The lowest BCUT2D eigenvalue weighted by Gasteiger charge is -2.30. The summed E-state index contributed by atoms with van der Waals surface area (Å²) in [5.74, 6) is 0.860. The highest BCUT2D eigenvalue weighted by molar-refractivity contribution is 5.30. The molecule has 0 amide bonds. The largest absolute Gasteiger partial charge is 0.381 e. The van der Waals surface area contributed by atoms with Gasteiger partial charge >= 0.3 is 0 Å². The number of ether oxygens (including phenoxy) is 1. The minimum Gasteiger partial charge on any atom is -0.381 e. The molecule has 2 heterocycles. The predicted octanol–water partition coefficient (Wildman–Crippen LogP) is 1.91. The van der Waals surface area contributed by atoms with E-state index < -0.39 is 0 Å². The highest BCUT2D eigenvalue weighted by Crippen LogP contribution is 2.14. The molecule has 1 aromatic heterocycles. The van der Waals surface area contributed by atoms with Gasteiger partial charge in [0.05, 0.1) is 18.1 Å². The summed E-state index contributed by atoms with van der Waals surface area (Å²) < 4.78 is 5.39. The topological polar surface area (TPSA) is 50.3 Å². The molecule has 106 valence electrons. The summed E-state index contributed by atoms with van der Waals surface area (Å²) >= 11 is 0. The fourth-order valence-corrected chi connectivity index (χ4v) is 2.29. The van der Waals surface area contributed by atoms with Crippen molar-refractivity contribution in [2.75, 3.05) is 32.1 Å². The van der Waals surface area contributed by atoms with E-state index in [9.17, 15) is 0 Å². The second-order valence-corrected chi connectivity index (χ2v) is 5.08. The minimum atomic E-state index is 0.605. The van der Waals surface area contributed by atoms with E-state index in [1.165, 1.54) is 0 Å². The molecule has 1 N–H and O–H groups in total. The summed E-state index contributed by atoms with van der Waals surface area (Å²) in [5, 5.41) is 3.23. The fourth-order valence-electron chi connectivity index (χ4n) is 2.29. The number of aromatic nitrogens is 2. The standard InChI is InChI=1S/C14H24N4O/c1-3-6-15-14-10-16-12(9-17-14)11-18(2)13-4-7-19-8-5-13/h9-10,13H,3-8,11H2,1-2H3,(H,15,17). The van der Waals surface area contributed by atoms with Crippen LogP contribution in [0.1, 0.15) is 31.9 Å². The normalized spacial score (nSPS) is 16.8. The molecule has 1 saturated heterocycles. The maximum absolute atomic E-state index is 5.39. The first-order valence-corrected chi connectivity index (χ1v) is 7.12. The molecule has 1 aliphatic heterocycles. The van der Waals surface area contributed by atoms with Gasteiger partial charge in [0, 0.05) is 32.3 Å². The van der Waals surface area contributed by atoms with Gasteiger partial charge in [-0.3, -0.25) is 9.88 Å². The van der Waals surface area contributed by atoms with E-state index in [4.69, 9.17) is 4.74 Å². The van der Waals surface area contributed by atoms with Crippen LogP contribution in [0.3, 0.4) is 0 Å². The summed E-state index contributed by atoms with van der Waals surface area (Å²) in [5.41, 5.74) is 1.02. The molecule has 0 bridgehead atoms. The number of anilines is 1. The Morgan fingerprint density at radius 3 is 2.74 bits per heavy atom. The molecule has 0 saturated carbocycles. The van der Waals surface area contributed by atoms with Gasteiger partial charge in [0.1, 0.15) is 5.82 Å². The first-order valence-electron chi connectivity index (χ1n) is 7.12. The van der Waals surface area contributed by atoms with Crippen LogP contribution in [0.5, 0.6) is 0 Å². The van der Waals surface area contributed by atoms with Crippen molar-refractivity contribution in [1.82, 2.24) is 14.9 Å². The van der Waals surface area contributed by atoms with E-state index in [1.807, 2.05) is 12.4 Å². The molecule has 0 spiro atoms. The summed E-state index contributed by atoms with van der Waals surface area (Å²) in [7, 11) is 2.15. The molecule has 0 aromatic carbocycles. The molecule has 0 radical (unpaired) electrons. The Hall–Kier alpha value is -1.20. The van der Waals surface area contributed by atoms with Crippen molar-refractivity contribution in [3.63, 3.8) is 0 Å².